The molecule has 2 aromatic rings. The molecule has 0 fully saturated rings. The third-order valence-corrected chi connectivity index (χ3v) is 3.75. The molecule has 6 heteroatoms. The van der Waals surface area contributed by atoms with Crippen LogP contribution in [-0.2, 0) is 9.53 Å². The van der Waals surface area contributed by atoms with Crippen molar-refractivity contribution in [1.29, 1.82) is 0 Å². The summed E-state index contributed by atoms with van der Waals surface area (Å²) in [5.41, 5.74) is 0.476. The van der Waals surface area contributed by atoms with Gasteiger partial charge in [0.1, 0.15) is 0 Å². The maximum Gasteiger partial charge on any atom is 0.344 e. The Hall–Kier alpha value is -2.34. The van der Waals surface area contributed by atoms with Gasteiger partial charge in [0.15, 0.2) is 24.2 Å². The molecule has 0 radical (unpaired) electrons. The second-order valence-corrected chi connectivity index (χ2v) is 5.86. The van der Waals surface area contributed by atoms with Crippen LogP contribution in [0.5, 0.6) is 11.5 Å². The van der Waals surface area contributed by atoms with Gasteiger partial charge in [-0.15, -0.1) is 0 Å². The minimum Gasteiger partial charge on any atom is -0.493 e. The molecule has 0 aliphatic carbocycles. The second kappa shape index (κ2) is 8.49. The molecule has 126 valence electrons. The smallest absolute Gasteiger partial charge is 0.344 e. The number of para-hydroxylation sites is 2. The Bertz CT molecular complexity index is 712. The number of rotatable bonds is 7. The Morgan fingerprint density at radius 1 is 1.04 bits per heavy atom. The van der Waals surface area contributed by atoms with E-state index in [1.807, 2.05) is 0 Å². The van der Waals surface area contributed by atoms with Crippen molar-refractivity contribution >= 4 is 27.7 Å². The van der Waals surface area contributed by atoms with Gasteiger partial charge >= 0.3 is 5.97 Å². The van der Waals surface area contributed by atoms with E-state index in [0.29, 0.717) is 17.1 Å². The van der Waals surface area contributed by atoms with E-state index in [1.165, 1.54) is 14.0 Å². The molecule has 24 heavy (non-hydrogen) atoms. The molecule has 0 saturated heterocycles. The lowest BCUT2D eigenvalue weighted by Gasteiger charge is -2.14. The first-order valence-electron chi connectivity index (χ1n) is 7.26. The summed E-state index contributed by atoms with van der Waals surface area (Å²) in [5, 5.41) is 0. The van der Waals surface area contributed by atoms with Gasteiger partial charge < -0.3 is 14.2 Å². The number of esters is 1. The largest absolute Gasteiger partial charge is 0.493 e. The Balaban J connectivity index is 1.89. The number of hydrogen-bond donors (Lipinski definition) is 0. The predicted molar refractivity (Wildman–Crippen MR) is 92.5 cm³/mol. The molecule has 0 bridgehead atoms. The number of hydrogen-bond acceptors (Lipinski definition) is 5. The van der Waals surface area contributed by atoms with Crippen LogP contribution >= 0.6 is 15.9 Å². The number of carbonyl (C=O) groups is 2. The van der Waals surface area contributed by atoms with Gasteiger partial charge in [0.25, 0.3) is 0 Å². The molecule has 0 N–H and O–H groups in total. The van der Waals surface area contributed by atoms with Gasteiger partial charge in [-0.05, 0) is 31.2 Å². The first kappa shape index (κ1) is 18.0. The number of ether oxygens (including phenoxy) is 3. The van der Waals surface area contributed by atoms with Crippen molar-refractivity contribution in [3.63, 3.8) is 0 Å². The van der Waals surface area contributed by atoms with Crippen LogP contribution < -0.4 is 9.47 Å². The molecule has 0 unspecified atom stereocenters. The average molecular weight is 393 g/mol. The lowest BCUT2D eigenvalue weighted by Crippen LogP contribution is -2.27. The summed E-state index contributed by atoms with van der Waals surface area (Å²) in [4.78, 5) is 24.1. The highest BCUT2D eigenvalue weighted by Gasteiger charge is 2.20. The van der Waals surface area contributed by atoms with E-state index in [0.717, 1.165) is 4.47 Å². The SMILES string of the molecule is COc1ccccc1OCC(=O)O[C@@H](C)C(=O)c1ccc(Br)cc1. The zero-order chi connectivity index (χ0) is 17.5. The van der Waals surface area contributed by atoms with E-state index >= 15 is 0 Å². The summed E-state index contributed by atoms with van der Waals surface area (Å²) >= 11 is 3.30. The molecule has 0 heterocycles. The van der Waals surface area contributed by atoms with Gasteiger partial charge in [0.2, 0.25) is 5.78 Å². The van der Waals surface area contributed by atoms with E-state index in [9.17, 15) is 9.59 Å². The first-order valence-corrected chi connectivity index (χ1v) is 8.05. The van der Waals surface area contributed by atoms with E-state index in [4.69, 9.17) is 14.2 Å². The minimum atomic E-state index is -0.889. The number of halogens is 1. The average Bonchev–Trinajstić information content (AvgIpc) is 2.60. The summed E-state index contributed by atoms with van der Waals surface area (Å²) in [5.74, 6) is 0.0557. The molecule has 0 saturated carbocycles. The molecule has 1 atom stereocenters. The van der Waals surface area contributed by atoms with Gasteiger partial charge in [0, 0.05) is 10.0 Å². The molecular formula is C18H17BrO5. The van der Waals surface area contributed by atoms with Crippen LogP contribution in [0, 0.1) is 0 Å². The third-order valence-electron chi connectivity index (χ3n) is 3.22. The number of benzene rings is 2. The maximum absolute atomic E-state index is 12.2. The summed E-state index contributed by atoms with van der Waals surface area (Å²) in [6.07, 6.45) is -0.889. The van der Waals surface area contributed by atoms with Crippen molar-refractivity contribution in [3.8, 4) is 11.5 Å². The summed E-state index contributed by atoms with van der Waals surface area (Å²) < 4.78 is 16.5. The van der Waals surface area contributed by atoms with Gasteiger partial charge in [-0.2, -0.15) is 0 Å². The highest BCUT2D eigenvalue weighted by atomic mass is 79.9. The Morgan fingerprint density at radius 2 is 1.67 bits per heavy atom. The number of Topliss-reactive ketones (excluding diaryl/α,β-unsaturated/α-hetero) is 1. The number of carbonyl (C=O) groups excluding carboxylic acids is 2. The fourth-order valence-electron chi connectivity index (χ4n) is 2.01. The summed E-state index contributed by atoms with van der Waals surface area (Å²) in [6, 6.07) is 13.8. The summed E-state index contributed by atoms with van der Waals surface area (Å²) in [6.45, 7) is 1.23. The zero-order valence-corrected chi connectivity index (χ0v) is 14.9. The van der Waals surface area contributed by atoms with Crippen molar-refractivity contribution in [2.45, 2.75) is 13.0 Å². The lowest BCUT2D eigenvalue weighted by molar-refractivity contribution is -0.148. The molecule has 0 amide bonds. The Labute approximate surface area is 148 Å². The number of methoxy groups -OCH3 is 1. The van der Waals surface area contributed by atoms with E-state index in [1.54, 1.807) is 48.5 Å². The van der Waals surface area contributed by atoms with Crippen LogP contribution in [0.3, 0.4) is 0 Å². The van der Waals surface area contributed by atoms with Crippen LogP contribution in [0.2, 0.25) is 0 Å². The Morgan fingerprint density at radius 3 is 2.29 bits per heavy atom. The van der Waals surface area contributed by atoms with E-state index in [-0.39, 0.29) is 12.4 Å². The van der Waals surface area contributed by atoms with Gasteiger partial charge in [-0.25, -0.2) is 4.79 Å². The molecule has 0 aliphatic heterocycles. The zero-order valence-electron chi connectivity index (χ0n) is 13.3. The first-order chi connectivity index (χ1) is 11.5. The highest BCUT2D eigenvalue weighted by Crippen LogP contribution is 2.25. The standard InChI is InChI=1S/C18H17BrO5/c1-12(18(21)13-7-9-14(19)10-8-13)24-17(20)11-23-16-6-4-3-5-15(16)22-2/h3-10,12H,11H2,1-2H3/t12-/m0/s1. The quantitative estimate of drug-likeness (QED) is 0.531. The molecule has 0 spiro atoms. The van der Waals surface area contributed by atoms with Crippen molar-refractivity contribution < 1.29 is 23.8 Å². The predicted octanol–water partition coefficient (Wildman–Crippen LogP) is 3.65. The second-order valence-electron chi connectivity index (χ2n) is 4.94. The molecule has 0 aliphatic rings. The van der Waals surface area contributed by atoms with Crippen LogP contribution in [0.25, 0.3) is 0 Å². The summed E-state index contributed by atoms with van der Waals surface area (Å²) in [7, 11) is 1.51. The topological polar surface area (TPSA) is 61.8 Å². The van der Waals surface area contributed by atoms with Gasteiger partial charge in [-0.3, -0.25) is 4.79 Å². The molecule has 5 nitrogen and oxygen atoms in total. The Kier molecular flexibility index (Phi) is 6.37. The fourth-order valence-corrected chi connectivity index (χ4v) is 2.27. The van der Waals surface area contributed by atoms with Crippen molar-refractivity contribution in [2.75, 3.05) is 13.7 Å². The maximum atomic E-state index is 12.2. The van der Waals surface area contributed by atoms with Crippen molar-refractivity contribution in [2.24, 2.45) is 0 Å². The molecule has 2 rings (SSSR count). The number of ketones is 1. The molecule has 2 aromatic carbocycles. The molecular weight excluding hydrogens is 376 g/mol. The monoisotopic (exact) mass is 392 g/mol. The van der Waals surface area contributed by atoms with Gasteiger partial charge in [0.05, 0.1) is 7.11 Å². The van der Waals surface area contributed by atoms with Gasteiger partial charge in [-0.1, -0.05) is 40.2 Å². The minimum absolute atomic E-state index is 0.270. The van der Waals surface area contributed by atoms with Crippen molar-refractivity contribution in [3.05, 3.63) is 58.6 Å². The highest BCUT2D eigenvalue weighted by molar-refractivity contribution is 9.10. The van der Waals surface area contributed by atoms with Crippen LogP contribution in [-0.4, -0.2) is 31.6 Å². The third kappa shape index (κ3) is 4.83. The van der Waals surface area contributed by atoms with Crippen LogP contribution in [0.4, 0.5) is 0 Å². The molecule has 0 aromatic heterocycles. The van der Waals surface area contributed by atoms with Crippen LogP contribution in [0.15, 0.2) is 53.0 Å². The normalized spacial score (nSPS) is 11.5. The van der Waals surface area contributed by atoms with E-state index in [2.05, 4.69) is 15.9 Å². The van der Waals surface area contributed by atoms with E-state index < -0.39 is 12.1 Å². The fraction of sp³-hybridized carbons (Fsp3) is 0.222. The lowest BCUT2D eigenvalue weighted by atomic mass is 10.1. The van der Waals surface area contributed by atoms with Crippen LogP contribution in [0.1, 0.15) is 17.3 Å². The van der Waals surface area contributed by atoms with Crippen molar-refractivity contribution in [1.82, 2.24) is 0 Å².